The van der Waals surface area contributed by atoms with Gasteiger partial charge in [-0.3, -0.25) is 9.59 Å². The lowest BCUT2D eigenvalue weighted by Crippen LogP contribution is -2.36. The average molecular weight is 464 g/mol. The van der Waals surface area contributed by atoms with E-state index in [1.165, 1.54) is 0 Å². The van der Waals surface area contributed by atoms with Gasteiger partial charge in [-0.1, -0.05) is 32.0 Å². The fourth-order valence-electron chi connectivity index (χ4n) is 4.74. The number of carbonyl (C=O) groups excluding carboxylic acids is 1. The van der Waals surface area contributed by atoms with E-state index in [-0.39, 0.29) is 23.2 Å². The molecule has 0 saturated carbocycles. The van der Waals surface area contributed by atoms with Gasteiger partial charge in [0.1, 0.15) is 5.58 Å². The van der Waals surface area contributed by atoms with E-state index in [0.717, 1.165) is 18.4 Å². The number of carbonyl (C=O) groups is 1. The maximum Gasteiger partial charge on any atom is 0.291 e. The van der Waals surface area contributed by atoms with Crippen LogP contribution in [0.15, 0.2) is 51.7 Å². The van der Waals surface area contributed by atoms with Crippen molar-refractivity contribution < 1.29 is 23.4 Å². The van der Waals surface area contributed by atoms with Crippen LogP contribution in [0.2, 0.25) is 0 Å². The Hall–Kier alpha value is -3.32. The van der Waals surface area contributed by atoms with Crippen molar-refractivity contribution in [2.45, 2.75) is 38.8 Å². The summed E-state index contributed by atoms with van der Waals surface area (Å²) in [5.74, 6) is 1.36. The van der Waals surface area contributed by atoms with E-state index < -0.39 is 6.04 Å². The second-order valence-electron chi connectivity index (χ2n) is 9.28. The summed E-state index contributed by atoms with van der Waals surface area (Å²) in [6, 6.07) is 12.0. The van der Waals surface area contributed by atoms with Crippen LogP contribution < -0.4 is 14.9 Å². The van der Waals surface area contributed by atoms with Gasteiger partial charge in [-0.15, -0.1) is 0 Å². The summed E-state index contributed by atoms with van der Waals surface area (Å²) in [6.07, 6.45) is 1.77. The SMILES string of the molecule is COc1cc([C@H]2c3c(oc4ccccc4c3=O)C(=O)N2C[C@H]2CCCO2)ccc1OCC(C)C. The van der Waals surface area contributed by atoms with Gasteiger partial charge in [-0.2, -0.15) is 0 Å². The third-order valence-corrected chi connectivity index (χ3v) is 6.37. The lowest BCUT2D eigenvalue weighted by Gasteiger charge is -2.28. The third-order valence-electron chi connectivity index (χ3n) is 6.37. The minimum absolute atomic E-state index is 0.0687. The van der Waals surface area contributed by atoms with Gasteiger partial charge in [0, 0.05) is 13.2 Å². The molecule has 1 saturated heterocycles. The van der Waals surface area contributed by atoms with Crippen LogP contribution in [0.25, 0.3) is 11.0 Å². The largest absolute Gasteiger partial charge is 0.493 e. The first-order valence-electron chi connectivity index (χ1n) is 11.8. The molecule has 3 heterocycles. The van der Waals surface area contributed by atoms with Crippen molar-refractivity contribution in [3.63, 3.8) is 0 Å². The van der Waals surface area contributed by atoms with E-state index >= 15 is 0 Å². The Kier molecular flexibility index (Phi) is 6.04. The second-order valence-corrected chi connectivity index (χ2v) is 9.28. The maximum absolute atomic E-state index is 13.6. The normalized spacial score (nSPS) is 19.8. The van der Waals surface area contributed by atoms with Crippen molar-refractivity contribution in [3.8, 4) is 11.5 Å². The number of ether oxygens (including phenoxy) is 3. The Bertz CT molecular complexity index is 1270. The summed E-state index contributed by atoms with van der Waals surface area (Å²) < 4.78 is 23.3. The van der Waals surface area contributed by atoms with Crippen molar-refractivity contribution in [1.29, 1.82) is 0 Å². The summed E-state index contributed by atoms with van der Waals surface area (Å²) in [6.45, 7) is 5.78. The monoisotopic (exact) mass is 463 g/mol. The molecule has 1 fully saturated rings. The number of benzene rings is 2. The zero-order valence-corrected chi connectivity index (χ0v) is 19.7. The number of methoxy groups -OCH3 is 1. The molecule has 0 spiro atoms. The smallest absolute Gasteiger partial charge is 0.291 e. The fourth-order valence-corrected chi connectivity index (χ4v) is 4.74. The minimum atomic E-state index is -0.597. The van der Waals surface area contributed by atoms with E-state index in [2.05, 4.69) is 13.8 Å². The van der Waals surface area contributed by atoms with Crippen LogP contribution in [0.1, 0.15) is 54.4 Å². The average Bonchev–Trinajstić information content (AvgIpc) is 3.45. The van der Waals surface area contributed by atoms with Crippen LogP contribution in [0.4, 0.5) is 0 Å². The van der Waals surface area contributed by atoms with Crippen LogP contribution in [0.3, 0.4) is 0 Å². The molecule has 0 unspecified atom stereocenters. The number of fused-ring (bicyclic) bond motifs is 2. The van der Waals surface area contributed by atoms with Crippen LogP contribution >= 0.6 is 0 Å². The predicted molar refractivity (Wildman–Crippen MR) is 128 cm³/mol. The molecule has 34 heavy (non-hydrogen) atoms. The van der Waals surface area contributed by atoms with Crippen molar-refractivity contribution >= 4 is 16.9 Å². The lowest BCUT2D eigenvalue weighted by molar-refractivity contribution is 0.0486. The van der Waals surface area contributed by atoms with Gasteiger partial charge in [-0.25, -0.2) is 0 Å². The molecular weight excluding hydrogens is 434 g/mol. The van der Waals surface area contributed by atoms with Crippen molar-refractivity contribution in [3.05, 3.63) is 69.6 Å². The van der Waals surface area contributed by atoms with E-state index in [0.29, 0.717) is 53.7 Å². The van der Waals surface area contributed by atoms with Crippen molar-refractivity contribution in [1.82, 2.24) is 4.90 Å². The van der Waals surface area contributed by atoms with Gasteiger partial charge < -0.3 is 23.5 Å². The van der Waals surface area contributed by atoms with Crippen LogP contribution in [-0.4, -0.2) is 43.8 Å². The van der Waals surface area contributed by atoms with Crippen molar-refractivity contribution in [2.24, 2.45) is 5.92 Å². The van der Waals surface area contributed by atoms with E-state index in [1.54, 1.807) is 36.3 Å². The first-order valence-corrected chi connectivity index (χ1v) is 11.8. The molecule has 0 aliphatic carbocycles. The van der Waals surface area contributed by atoms with Crippen LogP contribution in [0.5, 0.6) is 11.5 Å². The maximum atomic E-state index is 13.6. The van der Waals surface area contributed by atoms with E-state index in [4.69, 9.17) is 18.6 Å². The quantitative estimate of drug-likeness (QED) is 0.511. The molecule has 1 amide bonds. The summed E-state index contributed by atoms with van der Waals surface area (Å²) in [5, 5.41) is 0.460. The number of para-hydroxylation sites is 1. The number of amides is 1. The highest BCUT2D eigenvalue weighted by molar-refractivity contribution is 5.99. The Morgan fingerprint density at radius 1 is 1.12 bits per heavy atom. The molecule has 2 aliphatic heterocycles. The highest BCUT2D eigenvalue weighted by atomic mass is 16.5. The molecule has 5 rings (SSSR count). The molecule has 0 bridgehead atoms. The summed E-state index contributed by atoms with van der Waals surface area (Å²) in [7, 11) is 1.58. The Balaban J connectivity index is 1.63. The molecule has 178 valence electrons. The molecule has 2 aliphatic rings. The molecule has 1 aromatic heterocycles. The minimum Gasteiger partial charge on any atom is -0.493 e. The van der Waals surface area contributed by atoms with Gasteiger partial charge in [0.2, 0.25) is 5.76 Å². The first-order chi connectivity index (χ1) is 16.5. The molecule has 3 aromatic rings. The Labute approximate surface area is 198 Å². The first kappa shape index (κ1) is 22.5. The number of rotatable bonds is 7. The van der Waals surface area contributed by atoms with Crippen LogP contribution in [0, 0.1) is 5.92 Å². The predicted octanol–water partition coefficient (Wildman–Crippen LogP) is 4.56. The third kappa shape index (κ3) is 3.94. The molecule has 0 N–H and O–H groups in total. The van der Waals surface area contributed by atoms with E-state index in [9.17, 15) is 9.59 Å². The Morgan fingerprint density at radius 2 is 1.94 bits per heavy atom. The second kappa shape index (κ2) is 9.14. The fraction of sp³-hybridized carbons (Fsp3) is 0.407. The number of hydrogen-bond donors (Lipinski definition) is 0. The Morgan fingerprint density at radius 3 is 2.68 bits per heavy atom. The summed E-state index contributed by atoms with van der Waals surface area (Å²) in [5.41, 5.74) is 1.34. The molecule has 0 radical (unpaired) electrons. The highest BCUT2D eigenvalue weighted by Crippen LogP contribution is 2.41. The summed E-state index contributed by atoms with van der Waals surface area (Å²) >= 11 is 0. The topological polar surface area (TPSA) is 78.2 Å². The molecule has 7 heteroatoms. The standard InChI is InChI=1S/C27H29NO6/c1-16(2)15-33-21-11-10-17(13-22(21)31-3)24-23-25(29)19-8-4-5-9-20(19)34-26(23)27(30)28(24)14-18-7-6-12-32-18/h4-5,8-11,13,16,18,24H,6-7,12,14-15H2,1-3H3/t18-,24+/m1/s1. The van der Waals surface area contributed by atoms with E-state index in [1.807, 2.05) is 18.2 Å². The molecular formula is C27H29NO6. The molecule has 7 nitrogen and oxygen atoms in total. The van der Waals surface area contributed by atoms with Crippen LogP contribution in [-0.2, 0) is 4.74 Å². The van der Waals surface area contributed by atoms with Gasteiger partial charge in [0.25, 0.3) is 5.91 Å². The van der Waals surface area contributed by atoms with Gasteiger partial charge in [0.05, 0.1) is 36.8 Å². The van der Waals surface area contributed by atoms with Gasteiger partial charge >= 0.3 is 0 Å². The van der Waals surface area contributed by atoms with Crippen molar-refractivity contribution in [2.75, 3.05) is 26.9 Å². The number of nitrogens with zero attached hydrogens (tertiary/aromatic N) is 1. The van der Waals surface area contributed by atoms with Gasteiger partial charge in [0.15, 0.2) is 16.9 Å². The molecule has 2 aromatic carbocycles. The van der Waals surface area contributed by atoms with Gasteiger partial charge in [-0.05, 0) is 48.6 Å². The number of hydrogen-bond acceptors (Lipinski definition) is 6. The highest BCUT2D eigenvalue weighted by Gasteiger charge is 2.44. The molecule has 2 atom stereocenters. The summed E-state index contributed by atoms with van der Waals surface area (Å²) in [4.78, 5) is 28.9. The zero-order valence-electron chi connectivity index (χ0n) is 19.7. The zero-order chi connectivity index (χ0) is 23.8. The lowest BCUT2D eigenvalue weighted by atomic mass is 9.97.